The van der Waals surface area contributed by atoms with Crippen molar-refractivity contribution in [1.29, 1.82) is 0 Å². The summed E-state index contributed by atoms with van der Waals surface area (Å²) >= 11 is 3.79. The van der Waals surface area contributed by atoms with Gasteiger partial charge in [0.05, 0.1) is 9.89 Å². The zero-order valence-electron chi connectivity index (χ0n) is 17.8. The van der Waals surface area contributed by atoms with Crippen LogP contribution in [0, 0.1) is 0 Å². The molecule has 0 radical (unpaired) electrons. The van der Waals surface area contributed by atoms with E-state index in [0.29, 0.717) is 0 Å². The standard InChI is InChI=1S/C31H19BrO/c32-28-18-9-17-27-30(28)33-29-19-8-7-16-26(29)31(27)24-14-5-3-12-22(24)20-10-1-2-11-21(20)23-13-4-6-15-25(23)31/h1-19H. The van der Waals surface area contributed by atoms with Gasteiger partial charge in [-0.3, -0.25) is 0 Å². The van der Waals surface area contributed by atoms with Crippen LogP contribution in [0.3, 0.4) is 0 Å². The van der Waals surface area contributed by atoms with E-state index in [1.165, 1.54) is 38.9 Å². The molecule has 1 spiro atoms. The molecule has 0 saturated carbocycles. The quantitative estimate of drug-likeness (QED) is 0.208. The van der Waals surface area contributed by atoms with Gasteiger partial charge in [-0.15, -0.1) is 0 Å². The van der Waals surface area contributed by atoms with Crippen LogP contribution in [0.1, 0.15) is 22.3 Å². The van der Waals surface area contributed by atoms with E-state index >= 15 is 0 Å². The summed E-state index contributed by atoms with van der Waals surface area (Å²) in [6.45, 7) is 0. The molecular formula is C31H19BrO. The van der Waals surface area contributed by atoms with Crippen LogP contribution in [0.25, 0.3) is 22.3 Å². The third kappa shape index (κ3) is 2.42. The minimum absolute atomic E-state index is 0.514. The van der Waals surface area contributed by atoms with Gasteiger partial charge in [0, 0.05) is 11.1 Å². The van der Waals surface area contributed by atoms with Gasteiger partial charge in [0.15, 0.2) is 0 Å². The topological polar surface area (TPSA) is 9.23 Å². The molecule has 0 atom stereocenters. The molecule has 5 aromatic rings. The fourth-order valence-corrected chi connectivity index (χ4v) is 6.24. The number of fused-ring (bicyclic) bond motifs is 11. The number of halogens is 1. The number of rotatable bonds is 0. The molecule has 156 valence electrons. The van der Waals surface area contributed by atoms with Gasteiger partial charge in [0.1, 0.15) is 11.5 Å². The van der Waals surface area contributed by atoms with Gasteiger partial charge in [-0.05, 0) is 61.4 Å². The van der Waals surface area contributed by atoms with Crippen LogP contribution in [-0.4, -0.2) is 0 Å². The van der Waals surface area contributed by atoms with Crippen molar-refractivity contribution in [3.8, 4) is 33.8 Å². The number of para-hydroxylation sites is 2. The van der Waals surface area contributed by atoms with Crippen molar-refractivity contribution in [3.05, 3.63) is 142 Å². The van der Waals surface area contributed by atoms with Gasteiger partial charge in [-0.1, -0.05) is 103 Å². The van der Waals surface area contributed by atoms with E-state index in [2.05, 4.69) is 131 Å². The van der Waals surface area contributed by atoms with Gasteiger partial charge in [0.2, 0.25) is 0 Å². The summed E-state index contributed by atoms with van der Waals surface area (Å²) < 4.78 is 7.50. The second-order valence-electron chi connectivity index (χ2n) is 8.60. The Morgan fingerprint density at radius 3 is 1.58 bits per heavy atom. The highest BCUT2D eigenvalue weighted by molar-refractivity contribution is 9.10. The second kappa shape index (κ2) is 6.94. The highest BCUT2D eigenvalue weighted by Gasteiger charge is 2.49. The number of hydrogen-bond donors (Lipinski definition) is 0. The van der Waals surface area contributed by atoms with Crippen molar-refractivity contribution in [3.63, 3.8) is 0 Å². The van der Waals surface area contributed by atoms with Crippen molar-refractivity contribution in [2.75, 3.05) is 0 Å². The highest BCUT2D eigenvalue weighted by atomic mass is 79.9. The predicted molar refractivity (Wildman–Crippen MR) is 137 cm³/mol. The maximum atomic E-state index is 6.54. The Morgan fingerprint density at radius 2 is 0.939 bits per heavy atom. The fraction of sp³-hybridized carbons (Fsp3) is 0.0323. The second-order valence-corrected chi connectivity index (χ2v) is 9.46. The van der Waals surface area contributed by atoms with Crippen molar-refractivity contribution in [2.24, 2.45) is 0 Å². The van der Waals surface area contributed by atoms with E-state index in [0.717, 1.165) is 21.5 Å². The Balaban J connectivity index is 1.78. The third-order valence-corrected chi connectivity index (χ3v) is 7.67. The van der Waals surface area contributed by atoms with Crippen LogP contribution >= 0.6 is 15.9 Å². The summed E-state index contributed by atoms with van der Waals surface area (Å²) in [5, 5.41) is 0. The molecule has 0 aromatic heterocycles. The largest absolute Gasteiger partial charge is 0.455 e. The van der Waals surface area contributed by atoms with E-state index in [4.69, 9.17) is 4.74 Å². The first kappa shape index (κ1) is 18.9. The smallest absolute Gasteiger partial charge is 0.146 e. The van der Waals surface area contributed by atoms with Crippen LogP contribution in [0.4, 0.5) is 0 Å². The first-order valence-corrected chi connectivity index (χ1v) is 11.9. The Morgan fingerprint density at radius 1 is 0.455 bits per heavy atom. The zero-order chi connectivity index (χ0) is 22.0. The van der Waals surface area contributed by atoms with Crippen LogP contribution in [-0.2, 0) is 5.41 Å². The molecule has 7 rings (SSSR count). The van der Waals surface area contributed by atoms with E-state index in [9.17, 15) is 0 Å². The van der Waals surface area contributed by atoms with Crippen molar-refractivity contribution in [2.45, 2.75) is 5.41 Å². The van der Waals surface area contributed by atoms with E-state index in [1.807, 2.05) is 0 Å². The molecule has 1 aliphatic heterocycles. The Hall–Kier alpha value is -3.62. The molecule has 0 amide bonds. The van der Waals surface area contributed by atoms with Gasteiger partial charge < -0.3 is 4.74 Å². The van der Waals surface area contributed by atoms with Crippen molar-refractivity contribution < 1.29 is 4.74 Å². The first-order valence-electron chi connectivity index (χ1n) is 11.2. The maximum absolute atomic E-state index is 6.54. The maximum Gasteiger partial charge on any atom is 0.146 e. The molecule has 1 nitrogen and oxygen atoms in total. The average Bonchev–Trinajstić information content (AvgIpc) is 2.98. The van der Waals surface area contributed by atoms with Crippen molar-refractivity contribution >= 4 is 15.9 Å². The molecule has 5 aromatic carbocycles. The number of ether oxygens (including phenoxy) is 1. The SMILES string of the molecule is Brc1cccc2c1Oc1ccccc1C21c2ccccc2-c2ccccc2-c2ccccc21. The van der Waals surface area contributed by atoms with Crippen LogP contribution in [0.2, 0.25) is 0 Å². The summed E-state index contributed by atoms with van der Waals surface area (Å²) in [7, 11) is 0. The molecule has 33 heavy (non-hydrogen) atoms. The van der Waals surface area contributed by atoms with Gasteiger partial charge in [0.25, 0.3) is 0 Å². The Labute approximate surface area is 201 Å². The molecular weight excluding hydrogens is 468 g/mol. The number of benzene rings is 5. The lowest BCUT2D eigenvalue weighted by Gasteiger charge is -2.42. The average molecular weight is 487 g/mol. The summed E-state index contributed by atoms with van der Waals surface area (Å²) in [5.41, 5.74) is 9.40. The third-order valence-electron chi connectivity index (χ3n) is 7.04. The monoisotopic (exact) mass is 486 g/mol. The minimum Gasteiger partial charge on any atom is -0.455 e. The molecule has 0 N–H and O–H groups in total. The lowest BCUT2D eigenvalue weighted by molar-refractivity contribution is 0.432. The van der Waals surface area contributed by atoms with Crippen LogP contribution in [0.5, 0.6) is 11.5 Å². The molecule has 0 unspecified atom stereocenters. The summed E-state index contributed by atoms with van der Waals surface area (Å²) in [5.74, 6) is 1.78. The first-order chi connectivity index (χ1) is 16.3. The summed E-state index contributed by atoms with van der Waals surface area (Å²) in [6, 6.07) is 41.4. The lowest BCUT2D eigenvalue weighted by Crippen LogP contribution is -2.34. The van der Waals surface area contributed by atoms with Crippen molar-refractivity contribution in [1.82, 2.24) is 0 Å². The Kier molecular flexibility index (Phi) is 3.97. The molecule has 0 saturated heterocycles. The zero-order valence-corrected chi connectivity index (χ0v) is 19.3. The van der Waals surface area contributed by atoms with Gasteiger partial charge in [-0.25, -0.2) is 0 Å². The molecule has 1 heterocycles. The van der Waals surface area contributed by atoms with E-state index in [1.54, 1.807) is 0 Å². The molecule has 1 aliphatic carbocycles. The summed E-state index contributed by atoms with van der Waals surface area (Å²) in [4.78, 5) is 0. The van der Waals surface area contributed by atoms with Crippen LogP contribution < -0.4 is 4.74 Å². The molecule has 2 aliphatic rings. The molecule has 2 heteroatoms. The highest BCUT2D eigenvalue weighted by Crippen LogP contribution is 2.61. The minimum atomic E-state index is -0.514. The predicted octanol–water partition coefficient (Wildman–Crippen LogP) is 8.58. The van der Waals surface area contributed by atoms with E-state index < -0.39 is 5.41 Å². The summed E-state index contributed by atoms with van der Waals surface area (Å²) in [6.07, 6.45) is 0. The lowest BCUT2D eigenvalue weighted by atomic mass is 9.62. The van der Waals surface area contributed by atoms with Gasteiger partial charge in [-0.2, -0.15) is 0 Å². The fourth-order valence-electron chi connectivity index (χ4n) is 5.80. The molecule has 0 bridgehead atoms. The van der Waals surface area contributed by atoms with Gasteiger partial charge >= 0.3 is 0 Å². The normalized spacial score (nSPS) is 14.1. The Bertz CT molecular complexity index is 1500. The van der Waals surface area contributed by atoms with E-state index in [-0.39, 0.29) is 0 Å². The molecule has 0 fully saturated rings. The number of hydrogen-bond acceptors (Lipinski definition) is 1. The van der Waals surface area contributed by atoms with Crippen LogP contribution in [0.15, 0.2) is 120 Å².